The van der Waals surface area contributed by atoms with Crippen molar-refractivity contribution in [2.45, 2.75) is 41.0 Å². The van der Waals surface area contributed by atoms with Crippen LogP contribution in [0, 0.1) is 27.7 Å². The third-order valence-corrected chi connectivity index (χ3v) is 6.42. The van der Waals surface area contributed by atoms with E-state index >= 15 is 0 Å². The molecule has 31 heavy (non-hydrogen) atoms. The molecule has 0 aliphatic heterocycles. The van der Waals surface area contributed by atoms with Crippen LogP contribution < -0.4 is 16.4 Å². The van der Waals surface area contributed by atoms with Crippen molar-refractivity contribution in [3.63, 3.8) is 0 Å². The highest BCUT2D eigenvalue weighted by Crippen LogP contribution is 2.19. The molecule has 0 saturated heterocycles. The van der Waals surface area contributed by atoms with Crippen molar-refractivity contribution < 1.29 is 0 Å². The summed E-state index contributed by atoms with van der Waals surface area (Å²) in [5.74, 6) is 0. The van der Waals surface area contributed by atoms with Gasteiger partial charge in [-0.3, -0.25) is 0 Å². The minimum Gasteiger partial charge on any atom is -0.0686 e. The first kappa shape index (κ1) is 21.2. The molecule has 154 valence electrons. The predicted molar refractivity (Wildman–Crippen MR) is 138 cm³/mol. The number of hydrogen-bond donors (Lipinski definition) is 0. The molecule has 0 unspecified atom stereocenters. The molecule has 0 aliphatic rings. The quantitative estimate of drug-likeness (QED) is 0.378. The Labute approximate surface area is 188 Å². The lowest BCUT2D eigenvalue weighted by Crippen LogP contribution is -2.53. The van der Waals surface area contributed by atoms with Crippen molar-refractivity contribution in [2.24, 2.45) is 0 Å². The van der Waals surface area contributed by atoms with Gasteiger partial charge in [0.05, 0.1) is 0 Å². The lowest BCUT2D eigenvalue weighted by atomic mass is 9.35. The summed E-state index contributed by atoms with van der Waals surface area (Å²) in [5.41, 5.74) is 13.4. The molecule has 0 spiro atoms. The van der Waals surface area contributed by atoms with Crippen LogP contribution in [0.2, 0.25) is 0 Å². The molecule has 0 bridgehead atoms. The first-order valence-corrected chi connectivity index (χ1v) is 11.3. The fourth-order valence-corrected chi connectivity index (χ4v) is 4.57. The van der Waals surface area contributed by atoms with Gasteiger partial charge >= 0.3 is 0 Å². The van der Waals surface area contributed by atoms with Gasteiger partial charge in [-0.2, -0.15) is 0 Å². The molecule has 4 aromatic carbocycles. The summed E-state index contributed by atoms with van der Waals surface area (Å²) in [6.45, 7) is 11.3. The highest BCUT2D eigenvalue weighted by atomic mass is 14.1. The number of aryl methyl sites for hydroxylation is 5. The molecule has 0 fully saturated rings. The van der Waals surface area contributed by atoms with Crippen LogP contribution in [-0.2, 0) is 6.42 Å². The van der Waals surface area contributed by atoms with E-state index in [2.05, 4.69) is 120 Å². The van der Waals surface area contributed by atoms with Crippen LogP contribution >= 0.6 is 0 Å². The maximum Gasteiger partial charge on any atom is 0.241 e. The predicted octanol–water partition coefficient (Wildman–Crippen LogP) is 5.67. The van der Waals surface area contributed by atoms with E-state index in [1.807, 2.05) is 0 Å². The smallest absolute Gasteiger partial charge is 0.0686 e. The van der Waals surface area contributed by atoms with Crippen LogP contribution in [0.25, 0.3) is 11.1 Å². The van der Waals surface area contributed by atoms with Crippen molar-refractivity contribution in [3.8, 4) is 11.1 Å². The van der Waals surface area contributed by atoms with Crippen LogP contribution in [0.5, 0.6) is 0 Å². The lowest BCUT2D eigenvalue weighted by molar-refractivity contribution is 1.13. The van der Waals surface area contributed by atoms with Gasteiger partial charge in [0.25, 0.3) is 0 Å². The van der Waals surface area contributed by atoms with Crippen molar-refractivity contribution in [1.29, 1.82) is 0 Å². The average molecular weight is 402 g/mol. The fraction of sp³-hybridized carbons (Fsp3) is 0.200. The van der Waals surface area contributed by atoms with E-state index < -0.39 is 0 Å². The fourth-order valence-electron chi connectivity index (χ4n) is 4.57. The summed E-state index contributed by atoms with van der Waals surface area (Å²) < 4.78 is 0. The Morgan fingerprint density at radius 2 is 1.06 bits per heavy atom. The van der Waals surface area contributed by atoms with E-state index in [1.54, 1.807) is 0 Å². The van der Waals surface area contributed by atoms with Crippen molar-refractivity contribution in [3.05, 3.63) is 113 Å². The molecule has 0 heterocycles. The highest BCUT2D eigenvalue weighted by molar-refractivity contribution is 6.96. The van der Waals surface area contributed by atoms with Crippen LogP contribution in [-0.4, -0.2) is 6.71 Å². The topological polar surface area (TPSA) is 0 Å². The molecule has 0 N–H and O–H groups in total. The zero-order valence-electron chi connectivity index (χ0n) is 19.4. The second-order valence-electron chi connectivity index (χ2n) is 8.83. The molecule has 0 saturated carbocycles. The number of rotatable bonds is 5. The zero-order valence-corrected chi connectivity index (χ0v) is 19.4. The third-order valence-electron chi connectivity index (χ3n) is 6.42. The Morgan fingerprint density at radius 1 is 0.548 bits per heavy atom. The van der Waals surface area contributed by atoms with Crippen molar-refractivity contribution >= 4 is 23.1 Å². The first-order chi connectivity index (χ1) is 15.0. The Morgan fingerprint density at radius 3 is 1.61 bits per heavy atom. The highest BCUT2D eigenvalue weighted by Gasteiger charge is 2.25. The normalized spacial score (nSPS) is 10.9. The van der Waals surface area contributed by atoms with Crippen molar-refractivity contribution in [1.82, 2.24) is 0 Å². The molecular weight excluding hydrogens is 371 g/mol. The first-order valence-electron chi connectivity index (χ1n) is 11.3. The summed E-state index contributed by atoms with van der Waals surface area (Å²) in [4.78, 5) is 0. The van der Waals surface area contributed by atoms with Gasteiger partial charge in [0.2, 0.25) is 6.71 Å². The van der Waals surface area contributed by atoms with Gasteiger partial charge in [-0.05, 0) is 50.8 Å². The molecule has 0 radical (unpaired) electrons. The van der Waals surface area contributed by atoms with Gasteiger partial charge in [-0.1, -0.05) is 130 Å². The summed E-state index contributed by atoms with van der Waals surface area (Å²) in [6.07, 6.45) is 1.07. The molecule has 4 rings (SSSR count). The minimum absolute atomic E-state index is 0.235. The van der Waals surface area contributed by atoms with Crippen molar-refractivity contribution in [2.75, 3.05) is 0 Å². The van der Waals surface area contributed by atoms with E-state index in [-0.39, 0.29) is 6.71 Å². The van der Waals surface area contributed by atoms with E-state index in [0.29, 0.717) is 0 Å². The maximum absolute atomic E-state index is 2.35. The molecule has 4 aromatic rings. The third kappa shape index (κ3) is 4.51. The van der Waals surface area contributed by atoms with Crippen LogP contribution in [0.15, 0.2) is 84.9 Å². The summed E-state index contributed by atoms with van der Waals surface area (Å²) in [6, 6.07) is 31.8. The molecule has 0 aliphatic carbocycles. The minimum atomic E-state index is 0.235. The van der Waals surface area contributed by atoms with Gasteiger partial charge in [0, 0.05) is 0 Å². The number of benzene rings is 4. The Hall–Kier alpha value is -3.06. The molecule has 0 atom stereocenters. The second kappa shape index (κ2) is 8.98. The Balaban J connectivity index is 1.82. The van der Waals surface area contributed by atoms with Crippen LogP contribution in [0.3, 0.4) is 0 Å². The van der Waals surface area contributed by atoms with Gasteiger partial charge in [0.15, 0.2) is 0 Å². The largest absolute Gasteiger partial charge is 0.241 e. The maximum atomic E-state index is 2.35. The van der Waals surface area contributed by atoms with Gasteiger partial charge in [-0.25, -0.2) is 0 Å². The second-order valence-corrected chi connectivity index (χ2v) is 8.83. The van der Waals surface area contributed by atoms with E-state index in [9.17, 15) is 0 Å². The average Bonchev–Trinajstić information content (AvgIpc) is 2.77. The Bertz CT molecular complexity index is 1180. The summed E-state index contributed by atoms with van der Waals surface area (Å²) in [7, 11) is 0. The molecule has 0 nitrogen and oxygen atoms in total. The standard InChI is InChI=1S/C30H31B/c1-6-25-10-18-30(24(5)20-25)31(29-17-9-22(3)19-23(29)4)28-15-13-27(14-16-28)26-11-7-21(2)8-12-26/h7-20H,6H2,1-5H3. The van der Waals surface area contributed by atoms with E-state index in [0.717, 1.165) is 6.42 Å². The number of hydrogen-bond acceptors (Lipinski definition) is 0. The monoisotopic (exact) mass is 402 g/mol. The summed E-state index contributed by atoms with van der Waals surface area (Å²) >= 11 is 0. The zero-order chi connectivity index (χ0) is 22.0. The Kier molecular flexibility index (Phi) is 6.14. The van der Waals surface area contributed by atoms with Gasteiger partial charge in [-0.15, -0.1) is 0 Å². The lowest BCUT2D eigenvalue weighted by Gasteiger charge is -2.21. The molecular formula is C30H31B. The molecule has 0 aromatic heterocycles. The molecule has 1 heteroatoms. The van der Waals surface area contributed by atoms with Gasteiger partial charge < -0.3 is 0 Å². The van der Waals surface area contributed by atoms with Crippen LogP contribution in [0.4, 0.5) is 0 Å². The van der Waals surface area contributed by atoms with Crippen LogP contribution in [0.1, 0.15) is 34.7 Å². The summed E-state index contributed by atoms with van der Waals surface area (Å²) in [5, 5.41) is 0. The van der Waals surface area contributed by atoms with E-state index in [4.69, 9.17) is 0 Å². The molecule has 0 amide bonds. The van der Waals surface area contributed by atoms with E-state index in [1.165, 1.54) is 55.3 Å². The SMILES string of the molecule is CCc1ccc(B(c2ccc(-c3ccc(C)cc3)cc2)c2ccc(C)cc2C)c(C)c1. The van der Waals surface area contributed by atoms with Gasteiger partial charge in [0.1, 0.15) is 0 Å².